The van der Waals surface area contributed by atoms with E-state index in [-0.39, 0.29) is 37.4 Å². The van der Waals surface area contributed by atoms with Gasteiger partial charge in [-0.25, -0.2) is 0 Å². The first-order chi connectivity index (χ1) is 10.5. The van der Waals surface area contributed by atoms with Crippen LogP contribution in [0.25, 0.3) is 0 Å². The lowest BCUT2D eigenvalue weighted by atomic mass is 10.2. The Morgan fingerprint density at radius 1 is 1.23 bits per heavy atom. The number of hydrogen-bond donors (Lipinski definition) is 1. The van der Waals surface area contributed by atoms with Gasteiger partial charge in [-0.3, -0.25) is 9.59 Å². The van der Waals surface area contributed by atoms with E-state index >= 15 is 0 Å². The molecule has 1 saturated heterocycles. The molecule has 1 aromatic carbocycles. The highest BCUT2D eigenvalue weighted by molar-refractivity contribution is 9.11. The van der Waals surface area contributed by atoms with Gasteiger partial charge in [0.1, 0.15) is 6.61 Å². The lowest BCUT2D eigenvalue weighted by molar-refractivity contribution is -0.147. The molecule has 7 heteroatoms. The number of benzene rings is 1. The number of halogens is 2. The molecule has 1 aliphatic rings. The van der Waals surface area contributed by atoms with Crippen molar-refractivity contribution in [2.75, 3.05) is 18.5 Å². The molecule has 1 aromatic rings. The number of anilines is 1. The number of esters is 1. The molecule has 0 aliphatic carbocycles. The molecule has 1 N–H and O–H groups in total. The molecule has 1 aliphatic heterocycles. The van der Waals surface area contributed by atoms with Gasteiger partial charge in [0.15, 0.2) is 0 Å². The fraction of sp³-hybridized carbons (Fsp3) is 0.467. The van der Waals surface area contributed by atoms with Crippen molar-refractivity contribution in [1.82, 2.24) is 0 Å². The Balaban J connectivity index is 1.69. The van der Waals surface area contributed by atoms with Gasteiger partial charge in [0.05, 0.1) is 12.5 Å². The normalized spacial score (nSPS) is 17.3. The first-order valence-electron chi connectivity index (χ1n) is 7.06. The van der Waals surface area contributed by atoms with Crippen LogP contribution >= 0.6 is 31.9 Å². The summed E-state index contributed by atoms with van der Waals surface area (Å²) < 4.78 is 12.2. The van der Waals surface area contributed by atoms with Crippen LogP contribution in [-0.2, 0) is 19.1 Å². The van der Waals surface area contributed by atoms with Crippen LogP contribution in [0.4, 0.5) is 5.69 Å². The van der Waals surface area contributed by atoms with Crippen molar-refractivity contribution in [1.29, 1.82) is 0 Å². The van der Waals surface area contributed by atoms with Gasteiger partial charge in [0, 0.05) is 27.7 Å². The maximum absolute atomic E-state index is 11.8. The first-order valence-corrected chi connectivity index (χ1v) is 8.65. The summed E-state index contributed by atoms with van der Waals surface area (Å²) in [5, 5.41) is 2.74. The molecule has 0 aromatic heterocycles. The van der Waals surface area contributed by atoms with E-state index in [2.05, 4.69) is 37.2 Å². The highest BCUT2D eigenvalue weighted by atomic mass is 79.9. The molecule has 1 amide bonds. The van der Waals surface area contributed by atoms with Gasteiger partial charge in [-0.1, -0.05) is 31.9 Å². The number of ether oxygens (including phenoxy) is 2. The van der Waals surface area contributed by atoms with Crippen molar-refractivity contribution in [2.24, 2.45) is 0 Å². The van der Waals surface area contributed by atoms with E-state index in [0.29, 0.717) is 5.69 Å². The van der Waals surface area contributed by atoms with Crippen LogP contribution in [0, 0.1) is 0 Å². The number of nitrogens with one attached hydrogen (secondary N) is 1. The Kier molecular flexibility index (Phi) is 6.85. The van der Waals surface area contributed by atoms with Crippen LogP contribution in [0.5, 0.6) is 0 Å². The van der Waals surface area contributed by atoms with E-state index in [1.165, 1.54) is 0 Å². The Bertz CT molecular complexity index is 524. The third-order valence-corrected chi connectivity index (χ3v) is 4.07. The summed E-state index contributed by atoms with van der Waals surface area (Å²) in [5.41, 5.74) is 0.666. The SMILES string of the molecule is O=C(CCC(=O)OCC1CCCO1)Nc1cc(Br)cc(Br)c1. The molecule has 1 atom stereocenters. The second kappa shape index (κ2) is 8.64. The summed E-state index contributed by atoms with van der Waals surface area (Å²) in [5.74, 6) is -0.597. The standard InChI is InChI=1S/C15H17Br2NO4/c16-10-6-11(17)8-12(7-10)18-14(19)3-4-15(20)22-9-13-2-1-5-21-13/h6-8,13H,1-5,9H2,(H,18,19). The fourth-order valence-corrected chi connectivity index (χ4v) is 3.39. The van der Waals surface area contributed by atoms with Crippen molar-refractivity contribution in [2.45, 2.75) is 31.8 Å². The van der Waals surface area contributed by atoms with Gasteiger partial charge in [-0.15, -0.1) is 0 Å². The molecule has 0 radical (unpaired) electrons. The number of amides is 1. The molecule has 1 fully saturated rings. The topological polar surface area (TPSA) is 64.6 Å². The summed E-state index contributed by atoms with van der Waals surface area (Å²) in [7, 11) is 0. The van der Waals surface area contributed by atoms with Gasteiger partial charge < -0.3 is 14.8 Å². The van der Waals surface area contributed by atoms with Crippen LogP contribution in [-0.4, -0.2) is 31.2 Å². The van der Waals surface area contributed by atoms with Crippen molar-refractivity contribution in [3.05, 3.63) is 27.1 Å². The third kappa shape index (κ3) is 6.06. The smallest absolute Gasteiger partial charge is 0.306 e. The summed E-state index contributed by atoms with van der Waals surface area (Å²) in [4.78, 5) is 23.4. The average molecular weight is 435 g/mol. The van der Waals surface area contributed by atoms with E-state index in [0.717, 1.165) is 28.4 Å². The van der Waals surface area contributed by atoms with Gasteiger partial charge in [-0.2, -0.15) is 0 Å². The van der Waals surface area contributed by atoms with Gasteiger partial charge in [0.25, 0.3) is 0 Å². The first kappa shape index (κ1) is 17.4. The Morgan fingerprint density at radius 2 is 1.95 bits per heavy atom. The third-order valence-electron chi connectivity index (χ3n) is 3.16. The molecule has 1 unspecified atom stereocenters. The maximum Gasteiger partial charge on any atom is 0.306 e. The number of rotatable bonds is 6. The lowest BCUT2D eigenvalue weighted by Crippen LogP contribution is -2.19. The number of carbonyl (C=O) groups is 2. The number of carbonyl (C=O) groups excluding carboxylic acids is 2. The highest BCUT2D eigenvalue weighted by Gasteiger charge is 2.17. The molecule has 0 spiro atoms. The molecular formula is C15H17Br2NO4. The molecule has 1 heterocycles. The molecular weight excluding hydrogens is 418 g/mol. The summed E-state index contributed by atoms with van der Waals surface area (Å²) in [6, 6.07) is 5.45. The van der Waals surface area contributed by atoms with E-state index < -0.39 is 0 Å². The zero-order valence-corrected chi connectivity index (χ0v) is 15.1. The van der Waals surface area contributed by atoms with Crippen LogP contribution < -0.4 is 5.32 Å². The number of hydrogen-bond acceptors (Lipinski definition) is 4. The zero-order chi connectivity index (χ0) is 15.9. The van der Waals surface area contributed by atoms with Crippen LogP contribution in [0.15, 0.2) is 27.1 Å². The van der Waals surface area contributed by atoms with Crippen molar-refractivity contribution < 1.29 is 19.1 Å². The minimum atomic E-state index is -0.374. The predicted molar refractivity (Wildman–Crippen MR) is 89.6 cm³/mol. The van der Waals surface area contributed by atoms with Crippen molar-refractivity contribution >= 4 is 49.4 Å². The summed E-state index contributed by atoms with van der Waals surface area (Å²) in [6.45, 7) is 1.01. The predicted octanol–water partition coefficient (Wildman–Crippen LogP) is 3.65. The Morgan fingerprint density at radius 3 is 2.59 bits per heavy atom. The van der Waals surface area contributed by atoms with E-state index in [1.54, 1.807) is 12.1 Å². The highest BCUT2D eigenvalue weighted by Crippen LogP contribution is 2.23. The average Bonchev–Trinajstić information content (AvgIpc) is 2.95. The summed E-state index contributed by atoms with van der Waals surface area (Å²) in [6.07, 6.45) is 2.09. The van der Waals surface area contributed by atoms with E-state index in [4.69, 9.17) is 9.47 Å². The van der Waals surface area contributed by atoms with Crippen LogP contribution in [0.2, 0.25) is 0 Å². The largest absolute Gasteiger partial charge is 0.463 e. The maximum atomic E-state index is 11.8. The Labute approximate surface area is 146 Å². The van der Waals surface area contributed by atoms with E-state index in [1.807, 2.05) is 6.07 Å². The fourth-order valence-electron chi connectivity index (χ4n) is 2.10. The van der Waals surface area contributed by atoms with Gasteiger partial charge in [0.2, 0.25) is 5.91 Å². The minimum Gasteiger partial charge on any atom is -0.463 e. The quantitative estimate of drug-likeness (QED) is 0.694. The summed E-state index contributed by atoms with van der Waals surface area (Å²) >= 11 is 6.70. The molecule has 120 valence electrons. The van der Waals surface area contributed by atoms with Crippen LogP contribution in [0.1, 0.15) is 25.7 Å². The van der Waals surface area contributed by atoms with Crippen molar-refractivity contribution in [3.8, 4) is 0 Å². The Hall–Kier alpha value is -0.920. The molecule has 22 heavy (non-hydrogen) atoms. The molecule has 5 nitrogen and oxygen atoms in total. The second-order valence-corrected chi connectivity index (χ2v) is 6.86. The lowest BCUT2D eigenvalue weighted by Gasteiger charge is -2.10. The molecule has 0 bridgehead atoms. The monoisotopic (exact) mass is 433 g/mol. The van der Waals surface area contributed by atoms with Crippen molar-refractivity contribution in [3.63, 3.8) is 0 Å². The van der Waals surface area contributed by atoms with Gasteiger partial charge >= 0.3 is 5.97 Å². The van der Waals surface area contributed by atoms with E-state index in [9.17, 15) is 9.59 Å². The molecule has 2 rings (SSSR count). The van der Waals surface area contributed by atoms with Gasteiger partial charge in [-0.05, 0) is 31.0 Å². The molecule has 0 saturated carbocycles. The minimum absolute atomic E-state index is 0.0109. The zero-order valence-electron chi connectivity index (χ0n) is 11.9. The van der Waals surface area contributed by atoms with Crippen LogP contribution in [0.3, 0.4) is 0 Å². The second-order valence-electron chi connectivity index (χ2n) is 5.02.